The highest BCUT2D eigenvalue weighted by molar-refractivity contribution is 7.89. The number of sulfonamides is 1. The van der Waals surface area contributed by atoms with Crippen molar-refractivity contribution < 1.29 is 18.0 Å². The first-order valence-electron chi connectivity index (χ1n) is 7.34. The molecule has 0 aromatic heterocycles. The highest BCUT2D eigenvalue weighted by Crippen LogP contribution is 2.17. The van der Waals surface area contributed by atoms with Gasteiger partial charge in [-0.3, -0.25) is 9.59 Å². The average molecular weight is 339 g/mol. The van der Waals surface area contributed by atoms with Crippen LogP contribution < -0.4 is 4.90 Å². The molecular formula is C15H21N3O4S. The molecule has 8 heteroatoms. The molecule has 0 saturated carbocycles. The summed E-state index contributed by atoms with van der Waals surface area (Å²) in [6, 6.07) is 9.27. The predicted molar refractivity (Wildman–Crippen MR) is 87.5 cm³/mol. The molecule has 1 saturated heterocycles. The van der Waals surface area contributed by atoms with Crippen molar-refractivity contribution in [2.24, 2.45) is 0 Å². The Kier molecular flexibility index (Phi) is 5.38. The van der Waals surface area contributed by atoms with E-state index in [0.717, 1.165) is 9.99 Å². The Bertz CT molecular complexity index is 673. The summed E-state index contributed by atoms with van der Waals surface area (Å²) in [4.78, 5) is 27.4. The van der Waals surface area contributed by atoms with Crippen LogP contribution >= 0.6 is 0 Å². The maximum atomic E-state index is 12.2. The fourth-order valence-electron chi connectivity index (χ4n) is 2.32. The van der Waals surface area contributed by atoms with Gasteiger partial charge in [0.25, 0.3) is 0 Å². The molecule has 0 spiro atoms. The minimum atomic E-state index is -3.41. The molecule has 0 bridgehead atoms. The van der Waals surface area contributed by atoms with Gasteiger partial charge >= 0.3 is 0 Å². The highest BCUT2D eigenvalue weighted by atomic mass is 32.2. The number of hydrogen-bond acceptors (Lipinski definition) is 4. The fraction of sp³-hybridized carbons (Fsp3) is 0.467. The van der Waals surface area contributed by atoms with Crippen LogP contribution in [0.1, 0.15) is 6.42 Å². The lowest BCUT2D eigenvalue weighted by Gasteiger charge is -2.34. The molecule has 1 heterocycles. The van der Waals surface area contributed by atoms with Crippen LogP contribution in [0.25, 0.3) is 0 Å². The van der Waals surface area contributed by atoms with E-state index in [-0.39, 0.29) is 30.5 Å². The minimum Gasteiger partial charge on any atom is -0.332 e. The molecule has 0 atom stereocenters. The SMILES string of the molecule is CN(C)S(=O)(=O)CCC(=O)N1CCN(c2ccccc2)C(=O)C1. The van der Waals surface area contributed by atoms with E-state index in [1.165, 1.54) is 19.0 Å². The van der Waals surface area contributed by atoms with Crippen molar-refractivity contribution in [2.45, 2.75) is 6.42 Å². The first-order chi connectivity index (χ1) is 10.8. The second kappa shape index (κ2) is 7.10. The van der Waals surface area contributed by atoms with Crippen molar-refractivity contribution in [3.05, 3.63) is 30.3 Å². The molecule has 1 aromatic carbocycles. The Balaban J connectivity index is 1.93. The van der Waals surface area contributed by atoms with Crippen LogP contribution in [0.15, 0.2) is 30.3 Å². The minimum absolute atomic E-state index is 0.0181. The first kappa shape index (κ1) is 17.4. The lowest BCUT2D eigenvalue weighted by molar-refractivity contribution is -0.136. The molecule has 2 rings (SSSR count). The number of para-hydroxylation sites is 1. The van der Waals surface area contributed by atoms with Crippen LogP contribution in [-0.4, -0.2) is 68.9 Å². The second-order valence-corrected chi connectivity index (χ2v) is 7.85. The lowest BCUT2D eigenvalue weighted by Crippen LogP contribution is -2.52. The van der Waals surface area contributed by atoms with Crippen LogP contribution in [0.4, 0.5) is 5.69 Å². The Morgan fingerprint density at radius 1 is 1.17 bits per heavy atom. The van der Waals surface area contributed by atoms with Gasteiger partial charge in [-0.2, -0.15) is 0 Å². The quantitative estimate of drug-likeness (QED) is 0.765. The normalized spacial score (nSPS) is 16.0. The van der Waals surface area contributed by atoms with E-state index in [4.69, 9.17) is 0 Å². The number of hydrogen-bond donors (Lipinski definition) is 0. The van der Waals surface area contributed by atoms with Crippen LogP contribution in [0.3, 0.4) is 0 Å². The van der Waals surface area contributed by atoms with Crippen molar-refractivity contribution in [1.29, 1.82) is 0 Å². The summed E-state index contributed by atoms with van der Waals surface area (Å²) >= 11 is 0. The lowest BCUT2D eigenvalue weighted by atomic mass is 10.2. The molecule has 0 N–H and O–H groups in total. The Hall–Kier alpha value is -1.93. The van der Waals surface area contributed by atoms with Crippen LogP contribution in [-0.2, 0) is 19.6 Å². The third-order valence-electron chi connectivity index (χ3n) is 3.77. The Morgan fingerprint density at radius 2 is 1.83 bits per heavy atom. The third kappa shape index (κ3) is 4.29. The van der Waals surface area contributed by atoms with E-state index in [1.807, 2.05) is 30.3 Å². The summed E-state index contributed by atoms with van der Waals surface area (Å²) in [5.41, 5.74) is 0.805. The molecule has 1 aliphatic heterocycles. The van der Waals surface area contributed by atoms with Gasteiger partial charge in [0.15, 0.2) is 0 Å². The molecular weight excluding hydrogens is 318 g/mol. The van der Waals surface area contributed by atoms with Crippen molar-refractivity contribution >= 4 is 27.5 Å². The van der Waals surface area contributed by atoms with Gasteiger partial charge in [0, 0.05) is 39.3 Å². The van der Waals surface area contributed by atoms with E-state index < -0.39 is 10.0 Å². The first-order valence-corrected chi connectivity index (χ1v) is 8.95. The zero-order valence-corrected chi connectivity index (χ0v) is 14.1. The Labute approximate surface area is 136 Å². The summed E-state index contributed by atoms with van der Waals surface area (Å²) in [5.74, 6) is -0.714. The average Bonchev–Trinajstić information content (AvgIpc) is 2.53. The molecule has 7 nitrogen and oxygen atoms in total. The molecule has 0 aliphatic carbocycles. The summed E-state index contributed by atoms with van der Waals surface area (Å²) < 4.78 is 24.5. The van der Waals surface area contributed by atoms with Gasteiger partial charge in [0.05, 0.1) is 5.75 Å². The molecule has 1 aromatic rings. The molecule has 1 aliphatic rings. The number of amides is 2. The number of carbonyl (C=O) groups excluding carboxylic acids is 2. The largest absolute Gasteiger partial charge is 0.332 e. The maximum Gasteiger partial charge on any atom is 0.246 e. The second-order valence-electron chi connectivity index (χ2n) is 5.54. The zero-order valence-electron chi connectivity index (χ0n) is 13.3. The van der Waals surface area contributed by atoms with Crippen LogP contribution in [0, 0.1) is 0 Å². The van der Waals surface area contributed by atoms with Crippen molar-refractivity contribution in [1.82, 2.24) is 9.21 Å². The maximum absolute atomic E-state index is 12.2. The zero-order chi connectivity index (χ0) is 17.0. The highest BCUT2D eigenvalue weighted by Gasteiger charge is 2.28. The number of rotatable bonds is 5. The van der Waals surface area contributed by atoms with E-state index in [9.17, 15) is 18.0 Å². The third-order valence-corrected chi connectivity index (χ3v) is 5.60. The van der Waals surface area contributed by atoms with Gasteiger partial charge in [0.1, 0.15) is 6.54 Å². The number of carbonyl (C=O) groups is 2. The van der Waals surface area contributed by atoms with Gasteiger partial charge in [-0.1, -0.05) is 18.2 Å². The fourth-order valence-corrected chi connectivity index (χ4v) is 3.12. The van der Waals surface area contributed by atoms with Crippen LogP contribution in [0.5, 0.6) is 0 Å². The topological polar surface area (TPSA) is 78.0 Å². The monoisotopic (exact) mass is 339 g/mol. The van der Waals surface area contributed by atoms with Gasteiger partial charge in [-0.15, -0.1) is 0 Å². The van der Waals surface area contributed by atoms with Gasteiger partial charge < -0.3 is 9.80 Å². The Morgan fingerprint density at radius 3 is 2.39 bits per heavy atom. The van der Waals surface area contributed by atoms with Gasteiger partial charge in [-0.05, 0) is 12.1 Å². The van der Waals surface area contributed by atoms with Gasteiger partial charge in [-0.25, -0.2) is 12.7 Å². The number of anilines is 1. The van der Waals surface area contributed by atoms with E-state index in [1.54, 1.807) is 4.90 Å². The van der Waals surface area contributed by atoms with E-state index >= 15 is 0 Å². The number of piperazine rings is 1. The summed E-state index contributed by atoms with van der Waals surface area (Å²) in [5, 5.41) is 0. The summed E-state index contributed by atoms with van der Waals surface area (Å²) in [7, 11) is -0.544. The van der Waals surface area contributed by atoms with E-state index in [2.05, 4.69) is 0 Å². The summed E-state index contributed by atoms with van der Waals surface area (Å²) in [6.07, 6.45) is -0.112. The molecule has 126 valence electrons. The van der Waals surface area contributed by atoms with Crippen molar-refractivity contribution in [3.63, 3.8) is 0 Å². The number of benzene rings is 1. The number of nitrogens with zero attached hydrogens (tertiary/aromatic N) is 3. The standard InChI is InChI=1S/C15H21N3O4S/c1-16(2)23(21,22)11-8-14(19)17-9-10-18(15(20)12-17)13-6-4-3-5-7-13/h3-7H,8-12H2,1-2H3. The molecule has 0 unspecified atom stereocenters. The molecule has 23 heavy (non-hydrogen) atoms. The molecule has 0 radical (unpaired) electrons. The predicted octanol–water partition coefficient (Wildman–Crippen LogP) is 0.143. The smallest absolute Gasteiger partial charge is 0.246 e. The summed E-state index contributed by atoms with van der Waals surface area (Å²) in [6.45, 7) is 0.798. The van der Waals surface area contributed by atoms with Crippen molar-refractivity contribution in [3.8, 4) is 0 Å². The van der Waals surface area contributed by atoms with Crippen molar-refractivity contribution in [2.75, 3.05) is 44.4 Å². The van der Waals surface area contributed by atoms with Gasteiger partial charge in [0.2, 0.25) is 21.8 Å². The van der Waals surface area contributed by atoms with Crippen LogP contribution in [0.2, 0.25) is 0 Å². The van der Waals surface area contributed by atoms with E-state index in [0.29, 0.717) is 13.1 Å². The molecule has 1 fully saturated rings. The molecule has 2 amide bonds.